The third-order valence-corrected chi connectivity index (χ3v) is 0.423. The van der Waals surface area contributed by atoms with E-state index in [2.05, 4.69) is 12.2 Å². The van der Waals surface area contributed by atoms with Crippen LogP contribution in [0.25, 0.3) is 0 Å². The van der Waals surface area contributed by atoms with Crippen LogP contribution in [0.4, 0.5) is 0 Å². The zero-order chi connectivity index (χ0) is 4.83. The zero-order valence-electron chi connectivity index (χ0n) is 3.70. The van der Waals surface area contributed by atoms with Crippen molar-refractivity contribution in [3.8, 4) is 0 Å². The second-order valence-electron chi connectivity index (χ2n) is 0.952. The van der Waals surface area contributed by atoms with Crippen LogP contribution in [0.1, 0.15) is 6.42 Å². The first-order valence-electron chi connectivity index (χ1n) is 1.93. The molecular formula is C4H9N2. The Morgan fingerprint density at radius 3 is 2.67 bits per heavy atom. The molecule has 0 saturated carbocycles. The minimum absolute atomic E-state index is 0.809. The lowest BCUT2D eigenvalue weighted by Gasteiger charge is -1.88. The highest BCUT2D eigenvalue weighted by molar-refractivity contribution is 5.49. The van der Waals surface area contributed by atoms with Crippen LogP contribution in [-0.4, -0.2) is 12.9 Å². The maximum Gasteiger partial charge on any atom is 0.0791 e. The first-order valence-corrected chi connectivity index (χ1v) is 1.93. The van der Waals surface area contributed by atoms with Crippen LogP contribution < -0.4 is 5.32 Å². The summed E-state index contributed by atoms with van der Waals surface area (Å²) in [6, 6.07) is 0. The van der Waals surface area contributed by atoms with Gasteiger partial charge in [0, 0.05) is 6.54 Å². The second kappa shape index (κ2) is 4.47. The number of nitrogens with one attached hydrogen (secondary N) is 2. The fourth-order valence-corrected chi connectivity index (χ4v) is 0.174. The molecule has 0 spiro atoms. The highest BCUT2D eigenvalue weighted by Crippen LogP contribution is 1.62. The van der Waals surface area contributed by atoms with Crippen LogP contribution in [0.3, 0.4) is 0 Å². The summed E-state index contributed by atoms with van der Waals surface area (Å²) in [6.07, 6.45) is 2.01. The predicted octanol–water partition coefficient (Wildman–Crippen LogP) is 0.407. The van der Waals surface area contributed by atoms with Gasteiger partial charge in [-0.15, -0.1) is 0 Å². The Morgan fingerprint density at radius 2 is 2.50 bits per heavy atom. The maximum absolute atomic E-state index is 6.44. The quantitative estimate of drug-likeness (QED) is 0.290. The van der Waals surface area contributed by atoms with E-state index in [1.807, 2.05) is 0 Å². The Hall–Kier alpha value is -0.530. The van der Waals surface area contributed by atoms with Crippen LogP contribution in [0.15, 0.2) is 0 Å². The molecule has 0 aliphatic rings. The van der Waals surface area contributed by atoms with E-state index in [0.29, 0.717) is 0 Å². The molecule has 0 atom stereocenters. The smallest absolute Gasteiger partial charge is 0.0791 e. The predicted molar refractivity (Wildman–Crippen MR) is 26.8 cm³/mol. The molecule has 0 saturated heterocycles. The van der Waals surface area contributed by atoms with Crippen molar-refractivity contribution in [3.63, 3.8) is 0 Å². The second-order valence-corrected chi connectivity index (χ2v) is 0.952. The van der Waals surface area contributed by atoms with E-state index >= 15 is 0 Å². The Bertz CT molecular complexity index is 34.5. The molecule has 0 aromatic heterocycles. The van der Waals surface area contributed by atoms with E-state index in [1.165, 1.54) is 6.34 Å². The van der Waals surface area contributed by atoms with E-state index < -0.39 is 0 Å². The van der Waals surface area contributed by atoms with E-state index in [9.17, 15) is 0 Å². The van der Waals surface area contributed by atoms with Gasteiger partial charge in [-0.2, -0.15) is 0 Å². The molecule has 2 heteroatoms. The Kier molecular flexibility index (Phi) is 4.08. The van der Waals surface area contributed by atoms with Crippen LogP contribution in [0, 0.1) is 12.3 Å². The minimum atomic E-state index is 0.809. The summed E-state index contributed by atoms with van der Waals surface area (Å²) in [4.78, 5) is 0. The highest BCUT2D eigenvalue weighted by atomic mass is 14.9. The van der Waals surface area contributed by atoms with Gasteiger partial charge in [-0.05, 0) is 6.42 Å². The summed E-state index contributed by atoms with van der Waals surface area (Å²) in [5.74, 6) is 0. The Morgan fingerprint density at radius 1 is 1.83 bits per heavy atom. The Labute approximate surface area is 38.1 Å². The molecule has 0 bridgehead atoms. The summed E-state index contributed by atoms with van der Waals surface area (Å²) in [7, 11) is 0. The van der Waals surface area contributed by atoms with Gasteiger partial charge < -0.3 is 5.32 Å². The zero-order valence-corrected chi connectivity index (χ0v) is 3.70. The minimum Gasteiger partial charge on any atom is -0.377 e. The molecule has 2 nitrogen and oxygen atoms in total. The average Bonchev–Trinajstić information content (AvgIpc) is 1.61. The van der Waals surface area contributed by atoms with Crippen molar-refractivity contribution in [2.45, 2.75) is 6.42 Å². The highest BCUT2D eigenvalue weighted by Gasteiger charge is 1.67. The van der Waals surface area contributed by atoms with Gasteiger partial charge >= 0.3 is 0 Å². The lowest BCUT2D eigenvalue weighted by molar-refractivity contribution is 0.898. The SMILES string of the molecule is [CH2]CCNC=N. The summed E-state index contributed by atoms with van der Waals surface area (Å²) < 4.78 is 0. The molecule has 0 aliphatic heterocycles. The first-order chi connectivity index (χ1) is 2.91. The van der Waals surface area contributed by atoms with Crippen LogP contribution in [-0.2, 0) is 0 Å². The molecule has 1 radical (unpaired) electrons. The van der Waals surface area contributed by atoms with Crippen molar-refractivity contribution < 1.29 is 0 Å². The third kappa shape index (κ3) is 3.47. The lowest BCUT2D eigenvalue weighted by atomic mass is 10.5. The van der Waals surface area contributed by atoms with Crippen molar-refractivity contribution in [2.75, 3.05) is 6.54 Å². The molecule has 6 heavy (non-hydrogen) atoms. The average molecular weight is 85.1 g/mol. The molecule has 2 N–H and O–H groups in total. The maximum atomic E-state index is 6.44. The van der Waals surface area contributed by atoms with E-state index in [1.54, 1.807) is 0 Å². The molecule has 0 unspecified atom stereocenters. The fraction of sp³-hybridized carbons (Fsp3) is 0.500. The molecular weight excluding hydrogens is 76.1 g/mol. The summed E-state index contributed by atoms with van der Waals surface area (Å²) in [5, 5.41) is 9.12. The molecule has 0 amide bonds. The molecule has 0 aromatic rings. The molecule has 0 aromatic carbocycles. The van der Waals surface area contributed by atoms with Crippen LogP contribution in [0.2, 0.25) is 0 Å². The van der Waals surface area contributed by atoms with Gasteiger partial charge in [0.25, 0.3) is 0 Å². The van der Waals surface area contributed by atoms with Crippen molar-refractivity contribution in [1.29, 1.82) is 5.41 Å². The van der Waals surface area contributed by atoms with Gasteiger partial charge in [0.1, 0.15) is 0 Å². The fourth-order valence-electron chi connectivity index (χ4n) is 0.174. The number of rotatable bonds is 3. The first kappa shape index (κ1) is 5.47. The van der Waals surface area contributed by atoms with Crippen molar-refractivity contribution in [2.24, 2.45) is 0 Å². The normalized spacial score (nSPS) is 7.50. The monoisotopic (exact) mass is 85.1 g/mol. The van der Waals surface area contributed by atoms with Gasteiger partial charge in [0.05, 0.1) is 6.34 Å². The van der Waals surface area contributed by atoms with Crippen molar-refractivity contribution in [1.82, 2.24) is 5.32 Å². The lowest BCUT2D eigenvalue weighted by Crippen LogP contribution is -2.09. The molecule has 0 heterocycles. The van der Waals surface area contributed by atoms with Gasteiger partial charge in [0.15, 0.2) is 0 Å². The topological polar surface area (TPSA) is 35.9 Å². The molecule has 35 valence electrons. The number of hydrogen-bond donors (Lipinski definition) is 2. The largest absolute Gasteiger partial charge is 0.377 e. The number of hydrogen-bond acceptors (Lipinski definition) is 1. The molecule has 0 aliphatic carbocycles. The van der Waals surface area contributed by atoms with Gasteiger partial charge in [-0.3, -0.25) is 5.41 Å². The van der Waals surface area contributed by atoms with E-state index in [-0.39, 0.29) is 0 Å². The van der Waals surface area contributed by atoms with Gasteiger partial charge in [0.2, 0.25) is 0 Å². The van der Waals surface area contributed by atoms with E-state index in [4.69, 9.17) is 5.41 Å². The molecule has 0 fully saturated rings. The summed E-state index contributed by atoms with van der Waals surface area (Å²) in [6.45, 7) is 4.37. The van der Waals surface area contributed by atoms with Gasteiger partial charge in [-0.1, -0.05) is 6.92 Å². The molecule has 0 rings (SSSR count). The Balaban J connectivity index is 2.49. The van der Waals surface area contributed by atoms with Crippen LogP contribution in [0.5, 0.6) is 0 Å². The summed E-state index contributed by atoms with van der Waals surface area (Å²) >= 11 is 0. The third-order valence-electron chi connectivity index (χ3n) is 0.423. The van der Waals surface area contributed by atoms with Crippen molar-refractivity contribution >= 4 is 6.34 Å². The van der Waals surface area contributed by atoms with E-state index in [0.717, 1.165) is 13.0 Å². The van der Waals surface area contributed by atoms with Crippen molar-refractivity contribution in [3.05, 3.63) is 6.92 Å². The standard InChI is InChI=1S/C4H9N2/c1-2-3-6-4-5/h4H,1-3H2,(H2,5,6). The summed E-state index contributed by atoms with van der Waals surface area (Å²) in [5.41, 5.74) is 0. The van der Waals surface area contributed by atoms with Gasteiger partial charge in [-0.25, -0.2) is 0 Å². The van der Waals surface area contributed by atoms with Crippen LogP contribution >= 0.6 is 0 Å².